The Balaban J connectivity index is 1.44. The molecule has 2 aliphatic heterocycles. The summed E-state index contributed by atoms with van der Waals surface area (Å²) in [6.45, 7) is 3.87. The molecule has 9 heteroatoms. The third-order valence-electron chi connectivity index (χ3n) is 5.96. The summed E-state index contributed by atoms with van der Waals surface area (Å²) in [5.74, 6) is 0.773. The van der Waals surface area contributed by atoms with Gasteiger partial charge in [0.2, 0.25) is 10.0 Å². The van der Waals surface area contributed by atoms with Gasteiger partial charge in [0.15, 0.2) is 0 Å². The molecule has 0 unspecified atom stereocenters. The molecule has 0 aliphatic carbocycles. The SMILES string of the molecule is COc1ccc([C@H](CNC(=O)c2ccc(N3CCCS3(=O)=O)cc2)N2CCOCC2)cc1. The maximum atomic E-state index is 12.8. The normalized spacial score (nSPS) is 19.5. The predicted molar refractivity (Wildman–Crippen MR) is 123 cm³/mol. The van der Waals surface area contributed by atoms with E-state index < -0.39 is 10.0 Å². The highest BCUT2D eigenvalue weighted by molar-refractivity contribution is 7.93. The zero-order valence-corrected chi connectivity index (χ0v) is 19.0. The Morgan fingerprint density at radius 1 is 1.06 bits per heavy atom. The summed E-state index contributed by atoms with van der Waals surface area (Å²) < 4.78 is 36.4. The average Bonchev–Trinajstić information content (AvgIpc) is 3.19. The Kier molecular flexibility index (Phi) is 6.98. The lowest BCUT2D eigenvalue weighted by Crippen LogP contribution is -2.43. The van der Waals surface area contributed by atoms with Crippen molar-refractivity contribution in [2.75, 3.05) is 56.6 Å². The van der Waals surface area contributed by atoms with E-state index in [4.69, 9.17) is 9.47 Å². The van der Waals surface area contributed by atoms with Crippen LogP contribution in [0.2, 0.25) is 0 Å². The number of nitrogens with one attached hydrogen (secondary N) is 1. The van der Waals surface area contributed by atoms with Crippen LogP contribution in [0.25, 0.3) is 0 Å². The van der Waals surface area contributed by atoms with Gasteiger partial charge in [-0.3, -0.25) is 14.0 Å². The first-order chi connectivity index (χ1) is 15.5. The molecular weight excluding hydrogens is 430 g/mol. The van der Waals surface area contributed by atoms with E-state index in [0.717, 1.165) is 24.4 Å². The summed E-state index contributed by atoms with van der Waals surface area (Å²) in [5.41, 5.74) is 2.20. The highest BCUT2D eigenvalue weighted by Crippen LogP contribution is 2.25. The topological polar surface area (TPSA) is 88.2 Å². The van der Waals surface area contributed by atoms with Crippen molar-refractivity contribution in [2.24, 2.45) is 0 Å². The molecule has 2 heterocycles. The van der Waals surface area contributed by atoms with Crippen LogP contribution >= 0.6 is 0 Å². The highest BCUT2D eigenvalue weighted by Gasteiger charge is 2.28. The van der Waals surface area contributed by atoms with Crippen molar-refractivity contribution in [1.29, 1.82) is 0 Å². The van der Waals surface area contributed by atoms with Gasteiger partial charge in [0.05, 0.1) is 37.8 Å². The number of amides is 1. The lowest BCUT2D eigenvalue weighted by Gasteiger charge is -2.35. The van der Waals surface area contributed by atoms with Crippen LogP contribution in [0.4, 0.5) is 5.69 Å². The summed E-state index contributed by atoms with van der Waals surface area (Å²) in [5, 5.41) is 3.04. The minimum Gasteiger partial charge on any atom is -0.497 e. The Morgan fingerprint density at radius 2 is 1.75 bits per heavy atom. The van der Waals surface area contributed by atoms with E-state index in [1.807, 2.05) is 24.3 Å². The van der Waals surface area contributed by atoms with Crippen molar-refractivity contribution in [3.63, 3.8) is 0 Å². The van der Waals surface area contributed by atoms with E-state index in [2.05, 4.69) is 10.2 Å². The van der Waals surface area contributed by atoms with Gasteiger partial charge in [-0.05, 0) is 48.4 Å². The lowest BCUT2D eigenvalue weighted by atomic mass is 10.0. The number of anilines is 1. The first-order valence-corrected chi connectivity index (χ1v) is 12.4. The van der Waals surface area contributed by atoms with Gasteiger partial charge in [-0.15, -0.1) is 0 Å². The summed E-state index contributed by atoms with van der Waals surface area (Å²) in [7, 11) is -1.60. The van der Waals surface area contributed by atoms with E-state index >= 15 is 0 Å². The number of hydrogen-bond acceptors (Lipinski definition) is 6. The Bertz CT molecular complexity index is 1020. The van der Waals surface area contributed by atoms with Gasteiger partial charge < -0.3 is 14.8 Å². The number of rotatable bonds is 7. The first kappa shape index (κ1) is 22.6. The molecule has 0 spiro atoms. The van der Waals surface area contributed by atoms with Gasteiger partial charge in [0.25, 0.3) is 5.91 Å². The van der Waals surface area contributed by atoms with Gasteiger partial charge >= 0.3 is 0 Å². The largest absolute Gasteiger partial charge is 0.497 e. The van der Waals surface area contributed by atoms with E-state index in [1.54, 1.807) is 31.4 Å². The number of sulfonamides is 1. The summed E-state index contributed by atoms with van der Waals surface area (Å²) in [6, 6.07) is 14.7. The van der Waals surface area contributed by atoms with Crippen LogP contribution < -0.4 is 14.4 Å². The van der Waals surface area contributed by atoms with Gasteiger partial charge in [0, 0.05) is 31.7 Å². The number of hydrogen-bond donors (Lipinski definition) is 1. The maximum absolute atomic E-state index is 12.8. The van der Waals surface area contributed by atoms with Gasteiger partial charge in [-0.25, -0.2) is 8.42 Å². The predicted octanol–water partition coefficient (Wildman–Crippen LogP) is 2.04. The fourth-order valence-electron chi connectivity index (χ4n) is 4.17. The summed E-state index contributed by atoms with van der Waals surface area (Å²) in [4.78, 5) is 15.1. The molecule has 4 rings (SSSR count). The van der Waals surface area contributed by atoms with Crippen molar-refractivity contribution < 1.29 is 22.7 Å². The zero-order valence-electron chi connectivity index (χ0n) is 18.2. The molecule has 1 N–H and O–H groups in total. The first-order valence-electron chi connectivity index (χ1n) is 10.8. The third-order valence-corrected chi connectivity index (χ3v) is 7.83. The van der Waals surface area contributed by atoms with Crippen LogP contribution in [0.15, 0.2) is 48.5 Å². The van der Waals surface area contributed by atoms with E-state index in [9.17, 15) is 13.2 Å². The second kappa shape index (κ2) is 9.89. The number of methoxy groups -OCH3 is 1. The van der Waals surface area contributed by atoms with E-state index in [0.29, 0.717) is 44.0 Å². The number of morpholine rings is 1. The molecular formula is C23H29N3O5S. The van der Waals surface area contributed by atoms with Crippen molar-refractivity contribution in [1.82, 2.24) is 10.2 Å². The lowest BCUT2D eigenvalue weighted by molar-refractivity contribution is 0.0162. The molecule has 172 valence electrons. The fourth-order valence-corrected chi connectivity index (χ4v) is 5.74. The quantitative estimate of drug-likeness (QED) is 0.682. The van der Waals surface area contributed by atoms with E-state index in [-0.39, 0.29) is 17.7 Å². The van der Waals surface area contributed by atoms with Crippen LogP contribution in [-0.2, 0) is 14.8 Å². The maximum Gasteiger partial charge on any atom is 0.251 e. The molecule has 2 aromatic carbocycles. The number of nitrogens with zero attached hydrogens (tertiary/aromatic N) is 2. The third kappa shape index (κ3) is 5.06. The second-order valence-corrected chi connectivity index (χ2v) is 9.95. The summed E-state index contributed by atoms with van der Waals surface area (Å²) in [6.07, 6.45) is 0.624. The molecule has 2 fully saturated rings. The van der Waals surface area contributed by atoms with Gasteiger partial charge in [-0.1, -0.05) is 12.1 Å². The van der Waals surface area contributed by atoms with Crippen LogP contribution in [0.5, 0.6) is 5.75 Å². The van der Waals surface area contributed by atoms with Crippen molar-refractivity contribution in [3.05, 3.63) is 59.7 Å². The molecule has 0 radical (unpaired) electrons. The number of benzene rings is 2. The number of ether oxygens (including phenoxy) is 2. The molecule has 2 aromatic rings. The van der Waals surface area contributed by atoms with Crippen LogP contribution in [0.3, 0.4) is 0 Å². The van der Waals surface area contributed by atoms with E-state index in [1.165, 1.54) is 4.31 Å². The molecule has 1 atom stereocenters. The molecule has 1 amide bonds. The average molecular weight is 460 g/mol. The minimum atomic E-state index is -3.23. The smallest absolute Gasteiger partial charge is 0.251 e. The molecule has 32 heavy (non-hydrogen) atoms. The van der Waals surface area contributed by atoms with Crippen molar-refractivity contribution in [3.8, 4) is 5.75 Å². The van der Waals surface area contributed by atoms with Crippen LogP contribution in [0.1, 0.15) is 28.4 Å². The minimum absolute atomic E-state index is 0.0165. The standard InChI is InChI=1S/C23H29N3O5S/c1-30-21-9-5-18(6-10-21)22(25-12-14-31-15-13-25)17-24-23(27)19-3-7-20(8-4-19)26-11-2-16-32(26,28)29/h3-10,22H,2,11-17H2,1H3,(H,24,27)/t22-/m0/s1. The molecule has 2 saturated heterocycles. The van der Waals surface area contributed by atoms with Gasteiger partial charge in [0.1, 0.15) is 5.75 Å². The van der Waals surface area contributed by atoms with Crippen molar-refractivity contribution >= 4 is 21.6 Å². The van der Waals surface area contributed by atoms with Gasteiger partial charge in [-0.2, -0.15) is 0 Å². The zero-order chi connectivity index (χ0) is 22.6. The molecule has 0 saturated carbocycles. The Morgan fingerprint density at radius 3 is 2.34 bits per heavy atom. The Hall–Kier alpha value is -2.62. The molecule has 8 nitrogen and oxygen atoms in total. The number of carbonyl (C=O) groups is 1. The molecule has 2 aliphatic rings. The molecule has 0 bridgehead atoms. The second-order valence-electron chi connectivity index (χ2n) is 7.94. The van der Waals surface area contributed by atoms with Crippen LogP contribution in [0, 0.1) is 0 Å². The van der Waals surface area contributed by atoms with Crippen LogP contribution in [-0.4, -0.2) is 71.5 Å². The van der Waals surface area contributed by atoms with Crippen molar-refractivity contribution in [2.45, 2.75) is 12.5 Å². The number of carbonyl (C=O) groups excluding carboxylic acids is 1. The fraction of sp³-hybridized carbons (Fsp3) is 0.435. The Labute approximate surface area is 189 Å². The highest BCUT2D eigenvalue weighted by atomic mass is 32.2. The summed E-state index contributed by atoms with van der Waals surface area (Å²) >= 11 is 0. The monoisotopic (exact) mass is 459 g/mol. The molecule has 0 aromatic heterocycles.